The van der Waals surface area contributed by atoms with Crippen molar-refractivity contribution in [2.45, 2.75) is 18.4 Å². The minimum Gasteiger partial charge on any atom is -0.480 e. The van der Waals surface area contributed by atoms with E-state index in [9.17, 15) is 14.4 Å². The van der Waals surface area contributed by atoms with Gasteiger partial charge in [0.25, 0.3) is 0 Å². The Morgan fingerprint density at radius 2 is 1.68 bits per heavy atom. The number of hydrogen-bond donors (Lipinski definition) is 2. The molecule has 0 bridgehead atoms. The summed E-state index contributed by atoms with van der Waals surface area (Å²) in [5, 5.41) is 11.6. The smallest absolute Gasteiger partial charge is 0.407 e. The summed E-state index contributed by atoms with van der Waals surface area (Å²) in [7, 11) is 0. The predicted octanol–water partition coefficient (Wildman–Crippen LogP) is 2.23. The zero-order valence-electron chi connectivity index (χ0n) is 17.0. The molecule has 1 atom stereocenters. The van der Waals surface area contributed by atoms with Crippen molar-refractivity contribution in [3.63, 3.8) is 0 Å². The molecular formula is C23H24N2O6. The van der Waals surface area contributed by atoms with Crippen LogP contribution in [0.25, 0.3) is 11.1 Å². The number of alkyl carbamates (subject to hydrolysis) is 1. The van der Waals surface area contributed by atoms with Crippen molar-refractivity contribution in [1.29, 1.82) is 0 Å². The lowest BCUT2D eigenvalue weighted by atomic mass is 9.98. The highest BCUT2D eigenvalue weighted by atomic mass is 16.5. The van der Waals surface area contributed by atoms with Crippen molar-refractivity contribution in [2.24, 2.45) is 0 Å². The molecule has 1 aliphatic carbocycles. The highest BCUT2D eigenvalue weighted by Gasteiger charge is 2.37. The van der Waals surface area contributed by atoms with Crippen molar-refractivity contribution < 1.29 is 29.0 Å². The third-order valence-corrected chi connectivity index (χ3v) is 5.71. The van der Waals surface area contributed by atoms with Gasteiger partial charge in [-0.2, -0.15) is 0 Å². The molecule has 2 aliphatic rings. The van der Waals surface area contributed by atoms with Gasteiger partial charge in [-0.15, -0.1) is 0 Å². The van der Waals surface area contributed by atoms with E-state index in [0.717, 1.165) is 22.3 Å². The average molecular weight is 424 g/mol. The van der Waals surface area contributed by atoms with Crippen molar-refractivity contribution >= 4 is 18.0 Å². The van der Waals surface area contributed by atoms with Crippen LogP contribution in [0.4, 0.5) is 4.79 Å². The van der Waals surface area contributed by atoms with E-state index in [2.05, 4.69) is 29.6 Å². The number of rotatable bonds is 8. The first kappa shape index (κ1) is 20.9. The van der Waals surface area contributed by atoms with Crippen LogP contribution in [-0.2, 0) is 19.1 Å². The lowest BCUT2D eigenvalue weighted by molar-refractivity contribution is -0.159. The van der Waals surface area contributed by atoms with Gasteiger partial charge in [0, 0.05) is 19.0 Å². The summed E-state index contributed by atoms with van der Waals surface area (Å²) in [6.07, 6.45) is -0.0878. The number of aliphatic carboxylic acids is 1. The minimum atomic E-state index is -1.00. The van der Waals surface area contributed by atoms with Crippen LogP contribution in [0.15, 0.2) is 48.5 Å². The first-order valence-electron chi connectivity index (χ1n) is 10.2. The summed E-state index contributed by atoms with van der Waals surface area (Å²) in [6.45, 7) is 0.756. The van der Waals surface area contributed by atoms with Crippen molar-refractivity contribution in [1.82, 2.24) is 10.2 Å². The van der Waals surface area contributed by atoms with Gasteiger partial charge >= 0.3 is 12.1 Å². The summed E-state index contributed by atoms with van der Waals surface area (Å²) in [5.41, 5.74) is 4.61. The molecule has 4 rings (SSSR count). The number of nitrogens with zero attached hydrogens (tertiary/aromatic N) is 1. The van der Waals surface area contributed by atoms with E-state index in [1.54, 1.807) is 0 Å². The van der Waals surface area contributed by atoms with Gasteiger partial charge in [0.15, 0.2) is 0 Å². The molecule has 1 fully saturated rings. The van der Waals surface area contributed by atoms with Gasteiger partial charge in [0.1, 0.15) is 19.3 Å². The highest BCUT2D eigenvalue weighted by molar-refractivity contribution is 5.86. The third-order valence-electron chi connectivity index (χ3n) is 5.71. The van der Waals surface area contributed by atoms with E-state index in [0.29, 0.717) is 13.0 Å². The maximum absolute atomic E-state index is 12.1. The Bertz CT molecular complexity index is 946. The van der Waals surface area contributed by atoms with Crippen LogP contribution in [-0.4, -0.2) is 66.9 Å². The zero-order chi connectivity index (χ0) is 21.8. The van der Waals surface area contributed by atoms with Gasteiger partial charge in [-0.1, -0.05) is 48.5 Å². The van der Waals surface area contributed by atoms with E-state index in [4.69, 9.17) is 14.6 Å². The summed E-state index contributed by atoms with van der Waals surface area (Å²) >= 11 is 0. The number of benzene rings is 2. The molecule has 8 nitrogen and oxygen atoms in total. The molecule has 0 radical (unpaired) electrons. The maximum atomic E-state index is 12.1. The number of carboxylic acids is 1. The van der Waals surface area contributed by atoms with Crippen molar-refractivity contribution in [2.75, 3.05) is 32.9 Å². The summed E-state index contributed by atoms with van der Waals surface area (Å²) in [4.78, 5) is 36.2. The topological polar surface area (TPSA) is 105 Å². The van der Waals surface area contributed by atoms with Gasteiger partial charge in [-0.05, 0) is 28.7 Å². The van der Waals surface area contributed by atoms with Crippen LogP contribution in [0.3, 0.4) is 0 Å². The Morgan fingerprint density at radius 3 is 2.26 bits per heavy atom. The lowest BCUT2D eigenvalue weighted by Crippen LogP contribution is -2.56. The van der Waals surface area contributed by atoms with E-state index in [1.165, 1.54) is 4.90 Å². The Labute approximate surface area is 179 Å². The molecule has 8 heteroatoms. The zero-order valence-corrected chi connectivity index (χ0v) is 17.0. The Kier molecular flexibility index (Phi) is 6.18. The monoisotopic (exact) mass is 424 g/mol. The van der Waals surface area contributed by atoms with Crippen LogP contribution >= 0.6 is 0 Å². The lowest BCUT2D eigenvalue weighted by Gasteiger charge is -2.37. The van der Waals surface area contributed by atoms with Gasteiger partial charge in [-0.3, -0.25) is 4.79 Å². The number of hydrogen-bond acceptors (Lipinski definition) is 5. The molecule has 162 valence electrons. The second-order valence-corrected chi connectivity index (χ2v) is 7.53. The molecule has 1 heterocycles. The standard InChI is InChI=1S/C23H24N2O6/c26-21(25-11-9-20(25)22(27)28)14-30-12-10-24-23(29)31-13-19-17-7-3-1-5-15(17)16-6-2-4-8-18(16)19/h1-8,19-20H,9-14H2,(H,24,29)(H,27,28). The maximum Gasteiger partial charge on any atom is 0.407 e. The molecule has 0 aromatic heterocycles. The average Bonchev–Trinajstić information content (AvgIpc) is 3.04. The van der Waals surface area contributed by atoms with Crippen LogP contribution in [0.2, 0.25) is 0 Å². The normalized spacial score (nSPS) is 16.8. The first-order valence-corrected chi connectivity index (χ1v) is 10.2. The number of amides is 2. The number of likely N-dealkylation sites (tertiary alicyclic amines) is 1. The summed E-state index contributed by atoms with van der Waals surface area (Å²) in [5.74, 6) is -1.37. The first-order chi connectivity index (χ1) is 15.1. The van der Waals surface area contributed by atoms with E-state index in [1.807, 2.05) is 24.3 Å². The van der Waals surface area contributed by atoms with Gasteiger partial charge in [-0.25, -0.2) is 9.59 Å². The fraction of sp³-hybridized carbons (Fsp3) is 0.348. The Balaban J connectivity index is 1.19. The minimum absolute atomic E-state index is 0.00858. The van der Waals surface area contributed by atoms with E-state index >= 15 is 0 Å². The molecule has 1 aliphatic heterocycles. The van der Waals surface area contributed by atoms with Crippen LogP contribution < -0.4 is 5.32 Å². The second-order valence-electron chi connectivity index (χ2n) is 7.53. The fourth-order valence-corrected chi connectivity index (χ4v) is 4.06. The Morgan fingerprint density at radius 1 is 1.03 bits per heavy atom. The van der Waals surface area contributed by atoms with E-state index < -0.39 is 18.1 Å². The number of ether oxygens (including phenoxy) is 2. The molecule has 1 unspecified atom stereocenters. The summed E-state index contributed by atoms with van der Waals surface area (Å²) < 4.78 is 10.7. The fourth-order valence-electron chi connectivity index (χ4n) is 4.06. The molecule has 2 aromatic rings. The van der Waals surface area contributed by atoms with Crippen molar-refractivity contribution in [3.8, 4) is 11.1 Å². The van der Waals surface area contributed by atoms with Gasteiger partial charge < -0.3 is 24.8 Å². The molecule has 2 aromatic carbocycles. The predicted molar refractivity (Wildman–Crippen MR) is 112 cm³/mol. The number of carbonyl (C=O) groups excluding carboxylic acids is 2. The number of carboxylic acid groups (broad SMARTS) is 1. The van der Waals surface area contributed by atoms with Crippen LogP contribution in [0.1, 0.15) is 23.5 Å². The number of nitrogens with one attached hydrogen (secondary N) is 1. The van der Waals surface area contributed by atoms with Gasteiger partial charge in [0.05, 0.1) is 6.61 Å². The molecular weight excluding hydrogens is 400 g/mol. The number of carbonyl (C=O) groups is 3. The summed E-state index contributed by atoms with van der Waals surface area (Å²) in [6, 6.07) is 15.5. The largest absolute Gasteiger partial charge is 0.480 e. The van der Waals surface area contributed by atoms with Crippen LogP contribution in [0.5, 0.6) is 0 Å². The second kappa shape index (κ2) is 9.18. The van der Waals surface area contributed by atoms with Gasteiger partial charge in [0.2, 0.25) is 5.91 Å². The quantitative estimate of drug-likeness (QED) is 0.630. The molecule has 0 saturated carbocycles. The number of fused-ring (bicyclic) bond motifs is 3. The molecule has 2 amide bonds. The van der Waals surface area contributed by atoms with Crippen LogP contribution in [0, 0.1) is 0 Å². The molecule has 0 spiro atoms. The van der Waals surface area contributed by atoms with Crippen molar-refractivity contribution in [3.05, 3.63) is 59.7 Å². The highest BCUT2D eigenvalue weighted by Crippen LogP contribution is 2.44. The molecule has 2 N–H and O–H groups in total. The Hall–Kier alpha value is -3.39. The third kappa shape index (κ3) is 4.39. The SMILES string of the molecule is O=C(NCCOCC(=O)N1CCC1C(=O)O)OCC1c2ccccc2-c2ccccc21. The van der Waals surface area contributed by atoms with E-state index in [-0.39, 0.29) is 38.2 Å². The molecule has 1 saturated heterocycles. The molecule has 31 heavy (non-hydrogen) atoms.